The molecule has 2 aromatic carbocycles. The summed E-state index contributed by atoms with van der Waals surface area (Å²) in [5.74, 6) is -0.240. The van der Waals surface area contributed by atoms with Crippen LogP contribution in [0.1, 0.15) is 5.56 Å². The van der Waals surface area contributed by atoms with Crippen molar-refractivity contribution >= 4 is 28.6 Å². The van der Waals surface area contributed by atoms with Crippen molar-refractivity contribution in [1.82, 2.24) is 0 Å². The fourth-order valence-electron chi connectivity index (χ4n) is 1.66. The van der Waals surface area contributed by atoms with Gasteiger partial charge < -0.3 is 10.6 Å². The Kier molecular flexibility index (Phi) is 3.58. The van der Waals surface area contributed by atoms with Crippen LogP contribution in [0.25, 0.3) is 0 Å². The first-order valence-corrected chi connectivity index (χ1v) is 5.88. The highest BCUT2D eigenvalue weighted by atomic mass is 32.1. The van der Waals surface area contributed by atoms with Crippen LogP contribution >= 0.6 is 12.2 Å². The summed E-state index contributed by atoms with van der Waals surface area (Å²) in [4.78, 5) is 2.34. The van der Waals surface area contributed by atoms with Crippen LogP contribution in [-0.2, 0) is 0 Å². The third kappa shape index (κ3) is 2.65. The molecule has 0 aromatic heterocycles. The number of hydrogen-bond acceptors (Lipinski definition) is 2. The maximum atomic E-state index is 12.8. The fourth-order valence-corrected chi connectivity index (χ4v) is 1.80. The van der Waals surface area contributed by atoms with Crippen LogP contribution in [0.2, 0.25) is 0 Å². The molecule has 0 aliphatic rings. The van der Waals surface area contributed by atoms with Crippen molar-refractivity contribution in [2.24, 2.45) is 5.73 Å². The quantitative estimate of drug-likeness (QED) is 0.859. The number of rotatable bonds is 3. The van der Waals surface area contributed by atoms with Gasteiger partial charge >= 0.3 is 0 Å². The average molecular weight is 260 g/mol. The highest BCUT2D eigenvalue weighted by molar-refractivity contribution is 7.80. The normalized spacial score (nSPS) is 10.1. The second-order valence-electron chi connectivity index (χ2n) is 3.95. The van der Waals surface area contributed by atoms with Crippen molar-refractivity contribution in [2.45, 2.75) is 0 Å². The van der Waals surface area contributed by atoms with Gasteiger partial charge in [-0.2, -0.15) is 0 Å². The van der Waals surface area contributed by atoms with Crippen LogP contribution in [0.4, 0.5) is 15.8 Å². The van der Waals surface area contributed by atoms with Gasteiger partial charge in [0.05, 0.1) is 0 Å². The minimum Gasteiger partial charge on any atom is -0.389 e. The summed E-state index contributed by atoms with van der Waals surface area (Å²) in [6.45, 7) is 0. The van der Waals surface area contributed by atoms with E-state index in [-0.39, 0.29) is 5.82 Å². The van der Waals surface area contributed by atoms with E-state index in [1.165, 1.54) is 12.1 Å². The zero-order chi connectivity index (χ0) is 13.1. The molecule has 2 nitrogen and oxygen atoms in total. The molecule has 2 aromatic rings. The molecule has 0 atom stereocenters. The number of nitrogens with zero attached hydrogens (tertiary/aromatic N) is 1. The SMILES string of the molecule is CN(c1ccc(F)cc1)c1ccc(C(N)=S)cc1. The molecule has 0 spiro atoms. The van der Waals surface area contributed by atoms with Crippen LogP contribution in [-0.4, -0.2) is 12.0 Å². The Morgan fingerprint density at radius 1 is 1.00 bits per heavy atom. The van der Waals surface area contributed by atoms with Gasteiger partial charge in [-0.15, -0.1) is 0 Å². The molecular weight excluding hydrogens is 247 g/mol. The molecule has 4 heteroatoms. The van der Waals surface area contributed by atoms with Gasteiger partial charge in [-0.1, -0.05) is 12.2 Å². The van der Waals surface area contributed by atoms with Crippen molar-refractivity contribution < 1.29 is 4.39 Å². The molecule has 0 bridgehead atoms. The zero-order valence-corrected chi connectivity index (χ0v) is 10.7. The summed E-state index contributed by atoms with van der Waals surface area (Å²) >= 11 is 4.90. The largest absolute Gasteiger partial charge is 0.389 e. The molecule has 0 radical (unpaired) electrons. The van der Waals surface area contributed by atoms with Crippen LogP contribution in [0, 0.1) is 5.82 Å². The molecule has 0 saturated heterocycles. The molecule has 0 unspecified atom stereocenters. The molecule has 18 heavy (non-hydrogen) atoms. The summed E-state index contributed by atoms with van der Waals surface area (Å²) in [5.41, 5.74) is 8.28. The van der Waals surface area contributed by atoms with E-state index in [0.717, 1.165) is 16.9 Å². The minimum absolute atomic E-state index is 0.240. The molecule has 2 N–H and O–H groups in total. The van der Waals surface area contributed by atoms with Gasteiger partial charge in [-0.05, 0) is 48.5 Å². The second-order valence-corrected chi connectivity index (χ2v) is 4.39. The number of hydrogen-bond donors (Lipinski definition) is 1. The Balaban J connectivity index is 2.25. The third-order valence-electron chi connectivity index (χ3n) is 2.75. The van der Waals surface area contributed by atoms with Crippen molar-refractivity contribution in [3.05, 3.63) is 59.9 Å². The molecule has 0 heterocycles. The smallest absolute Gasteiger partial charge is 0.123 e. The fraction of sp³-hybridized carbons (Fsp3) is 0.0714. The van der Waals surface area contributed by atoms with E-state index in [1.807, 2.05) is 36.2 Å². The van der Waals surface area contributed by atoms with Gasteiger partial charge in [0.15, 0.2) is 0 Å². The molecule has 0 saturated carbocycles. The van der Waals surface area contributed by atoms with Gasteiger partial charge in [-0.25, -0.2) is 4.39 Å². The van der Waals surface area contributed by atoms with E-state index in [9.17, 15) is 4.39 Å². The number of anilines is 2. The lowest BCUT2D eigenvalue weighted by Crippen LogP contribution is -2.11. The molecule has 92 valence electrons. The predicted molar refractivity (Wildman–Crippen MR) is 76.8 cm³/mol. The van der Waals surface area contributed by atoms with Crippen LogP contribution in [0.15, 0.2) is 48.5 Å². The first kappa shape index (κ1) is 12.5. The number of thiocarbonyl (C=S) groups is 1. The lowest BCUT2D eigenvalue weighted by Gasteiger charge is -2.19. The second kappa shape index (κ2) is 5.14. The number of benzene rings is 2. The Bertz CT molecular complexity index is 549. The van der Waals surface area contributed by atoms with Crippen LogP contribution < -0.4 is 10.6 Å². The van der Waals surface area contributed by atoms with E-state index in [4.69, 9.17) is 18.0 Å². The monoisotopic (exact) mass is 260 g/mol. The lowest BCUT2D eigenvalue weighted by atomic mass is 10.2. The van der Waals surface area contributed by atoms with E-state index in [0.29, 0.717) is 4.99 Å². The lowest BCUT2D eigenvalue weighted by molar-refractivity contribution is 0.628. The summed E-state index contributed by atoms with van der Waals surface area (Å²) in [6.07, 6.45) is 0. The Morgan fingerprint density at radius 2 is 1.44 bits per heavy atom. The summed E-state index contributed by atoms with van der Waals surface area (Å²) < 4.78 is 12.8. The average Bonchev–Trinajstić information content (AvgIpc) is 2.39. The minimum atomic E-state index is -0.240. The first-order valence-electron chi connectivity index (χ1n) is 5.47. The molecule has 0 amide bonds. The van der Waals surface area contributed by atoms with Crippen molar-refractivity contribution in [3.63, 3.8) is 0 Å². The maximum absolute atomic E-state index is 12.8. The zero-order valence-electron chi connectivity index (χ0n) is 9.93. The molecule has 0 aliphatic carbocycles. The molecule has 0 fully saturated rings. The van der Waals surface area contributed by atoms with E-state index >= 15 is 0 Å². The van der Waals surface area contributed by atoms with E-state index < -0.39 is 0 Å². The third-order valence-corrected chi connectivity index (χ3v) is 2.99. The molecule has 2 rings (SSSR count). The molecule has 0 aliphatic heterocycles. The first-order chi connectivity index (χ1) is 8.58. The van der Waals surface area contributed by atoms with Crippen LogP contribution in [0.5, 0.6) is 0 Å². The van der Waals surface area contributed by atoms with Gasteiger partial charge in [0.1, 0.15) is 10.8 Å². The van der Waals surface area contributed by atoms with Gasteiger partial charge in [0.25, 0.3) is 0 Å². The van der Waals surface area contributed by atoms with Crippen molar-refractivity contribution in [3.8, 4) is 0 Å². The number of halogens is 1. The van der Waals surface area contributed by atoms with E-state index in [1.54, 1.807) is 12.1 Å². The van der Waals surface area contributed by atoms with Crippen molar-refractivity contribution in [2.75, 3.05) is 11.9 Å². The van der Waals surface area contributed by atoms with Gasteiger partial charge in [-0.3, -0.25) is 0 Å². The summed E-state index contributed by atoms with van der Waals surface area (Å²) in [5, 5.41) is 0. The standard InChI is InChI=1S/C14H13FN2S/c1-17(13-8-4-11(15)5-9-13)12-6-2-10(3-7-12)14(16)18/h2-9H,1H3,(H2,16,18). The highest BCUT2D eigenvalue weighted by Gasteiger charge is 2.04. The van der Waals surface area contributed by atoms with Gasteiger partial charge in [0.2, 0.25) is 0 Å². The maximum Gasteiger partial charge on any atom is 0.123 e. The Hall–Kier alpha value is -1.94. The predicted octanol–water partition coefficient (Wildman–Crippen LogP) is 3.23. The van der Waals surface area contributed by atoms with Gasteiger partial charge in [0, 0.05) is 24.0 Å². The van der Waals surface area contributed by atoms with E-state index in [2.05, 4.69) is 0 Å². The van der Waals surface area contributed by atoms with Crippen molar-refractivity contribution in [1.29, 1.82) is 0 Å². The number of nitrogens with two attached hydrogens (primary N) is 1. The highest BCUT2D eigenvalue weighted by Crippen LogP contribution is 2.23. The Morgan fingerprint density at radius 3 is 1.89 bits per heavy atom. The topological polar surface area (TPSA) is 29.3 Å². The summed E-state index contributed by atoms with van der Waals surface area (Å²) in [6, 6.07) is 13.9. The molecular formula is C14H13FN2S. The summed E-state index contributed by atoms with van der Waals surface area (Å²) in [7, 11) is 1.92. The van der Waals surface area contributed by atoms with Crippen LogP contribution in [0.3, 0.4) is 0 Å². The Labute approximate surface area is 111 Å².